The molecule has 6 nitrogen and oxygen atoms in total. The van der Waals surface area contributed by atoms with Crippen molar-refractivity contribution in [1.82, 2.24) is 14.9 Å². The fourth-order valence-corrected chi connectivity index (χ4v) is 2.91. The van der Waals surface area contributed by atoms with E-state index >= 15 is 0 Å². The van der Waals surface area contributed by atoms with Crippen molar-refractivity contribution in [2.45, 2.75) is 17.9 Å². The minimum Gasteiger partial charge on any atom is -0.281 e. The first kappa shape index (κ1) is 13.3. The third kappa shape index (κ3) is 2.81. The van der Waals surface area contributed by atoms with E-state index in [-0.39, 0.29) is 4.90 Å². The highest BCUT2D eigenvalue weighted by atomic mass is 32.2. The average Bonchev–Trinajstić information content (AvgIpc) is 2.84. The lowest BCUT2D eigenvalue weighted by molar-refractivity contribution is 0.575. The first-order chi connectivity index (χ1) is 9.04. The van der Waals surface area contributed by atoms with Crippen LogP contribution in [-0.2, 0) is 10.0 Å². The van der Waals surface area contributed by atoms with Crippen LogP contribution in [0.25, 0.3) is 0 Å². The highest BCUT2D eigenvalue weighted by Gasteiger charge is 2.23. The van der Waals surface area contributed by atoms with Crippen LogP contribution in [0.3, 0.4) is 0 Å². The molecular formula is C12H12N4O2S. The second-order valence-electron chi connectivity index (χ2n) is 3.95. The maximum Gasteiger partial charge on any atom is 0.245 e. The van der Waals surface area contributed by atoms with Crippen LogP contribution < -0.4 is 4.72 Å². The van der Waals surface area contributed by atoms with Gasteiger partial charge in [-0.05, 0) is 12.5 Å². The number of aromatic nitrogens is 2. The van der Waals surface area contributed by atoms with Crippen molar-refractivity contribution in [3.63, 3.8) is 0 Å². The highest BCUT2D eigenvalue weighted by molar-refractivity contribution is 7.89. The summed E-state index contributed by atoms with van der Waals surface area (Å²) in [6, 6.07) is 9.68. The van der Waals surface area contributed by atoms with Crippen molar-refractivity contribution in [2.75, 3.05) is 0 Å². The lowest BCUT2D eigenvalue weighted by Crippen LogP contribution is -2.28. The molecule has 0 aliphatic rings. The summed E-state index contributed by atoms with van der Waals surface area (Å²) < 4.78 is 26.6. The normalized spacial score (nSPS) is 12.8. The fourth-order valence-electron chi connectivity index (χ4n) is 1.64. The third-order valence-corrected chi connectivity index (χ3v) is 4.14. The number of nitrogens with one attached hydrogen (secondary N) is 2. The van der Waals surface area contributed by atoms with Crippen molar-refractivity contribution >= 4 is 10.0 Å². The van der Waals surface area contributed by atoms with Crippen LogP contribution in [0.15, 0.2) is 41.4 Å². The van der Waals surface area contributed by atoms with Crippen molar-refractivity contribution in [3.05, 3.63) is 47.8 Å². The molecule has 1 unspecified atom stereocenters. The van der Waals surface area contributed by atoms with Gasteiger partial charge < -0.3 is 0 Å². The number of rotatable bonds is 4. The molecule has 1 aromatic carbocycles. The Labute approximate surface area is 111 Å². The Balaban J connectivity index is 2.30. The van der Waals surface area contributed by atoms with Gasteiger partial charge in [0.2, 0.25) is 10.0 Å². The molecule has 1 atom stereocenters. The van der Waals surface area contributed by atoms with Crippen LogP contribution in [0.5, 0.6) is 0 Å². The molecule has 1 heterocycles. The first-order valence-electron chi connectivity index (χ1n) is 5.51. The van der Waals surface area contributed by atoms with E-state index in [1.807, 2.05) is 6.07 Å². The summed E-state index contributed by atoms with van der Waals surface area (Å²) in [7, 11) is -3.77. The number of hydrogen-bond donors (Lipinski definition) is 2. The maximum absolute atomic E-state index is 12.1. The number of H-pyrrole nitrogens is 1. The van der Waals surface area contributed by atoms with Gasteiger partial charge in [0.15, 0.2) is 0 Å². The standard InChI is InChI=1S/C12H12N4O2S/c1-9-12(8-14-15-9)19(17,18)16-11(7-13)10-5-3-2-4-6-10/h2-6,8,11,16H,1H3,(H,14,15). The molecule has 2 rings (SSSR count). The summed E-state index contributed by atoms with van der Waals surface area (Å²) in [5.41, 5.74) is 1.02. The van der Waals surface area contributed by atoms with Crippen molar-refractivity contribution < 1.29 is 8.42 Å². The molecule has 0 spiro atoms. The van der Waals surface area contributed by atoms with E-state index in [1.165, 1.54) is 6.20 Å². The summed E-state index contributed by atoms with van der Waals surface area (Å²) in [5.74, 6) is 0. The van der Waals surface area contributed by atoms with E-state index in [4.69, 9.17) is 5.26 Å². The zero-order valence-electron chi connectivity index (χ0n) is 10.2. The molecule has 1 aromatic heterocycles. The minimum absolute atomic E-state index is 0.0451. The van der Waals surface area contributed by atoms with Gasteiger partial charge in [-0.25, -0.2) is 8.42 Å². The molecule has 0 saturated carbocycles. The number of hydrogen-bond acceptors (Lipinski definition) is 4. The summed E-state index contributed by atoms with van der Waals surface area (Å²) in [5, 5.41) is 15.3. The van der Waals surface area contributed by atoms with E-state index in [9.17, 15) is 8.42 Å². The molecule has 0 aliphatic carbocycles. The second kappa shape index (κ2) is 5.22. The molecule has 0 amide bonds. The number of nitriles is 1. The molecule has 2 N–H and O–H groups in total. The van der Waals surface area contributed by atoms with E-state index in [2.05, 4.69) is 14.9 Å². The zero-order valence-corrected chi connectivity index (χ0v) is 11.0. The Hall–Kier alpha value is -2.17. The van der Waals surface area contributed by atoms with Crippen LogP contribution in [0.2, 0.25) is 0 Å². The van der Waals surface area contributed by atoms with E-state index in [0.717, 1.165) is 0 Å². The Bertz CT molecular complexity index is 701. The lowest BCUT2D eigenvalue weighted by atomic mass is 10.1. The highest BCUT2D eigenvalue weighted by Crippen LogP contribution is 2.17. The SMILES string of the molecule is Cc1[nH]ncc1S(=O)(=O)NC(C#N)c1ccccc1. The van der Waals surface area contributed by atoms with Crippen LogP contribution in [0.1, 0.15) is 17.3 Å². The van der Waals surface area contributed by atoms with Gasteiger partial charge in [-0.3, -0.25) is 5.10 Å². The fraction of sp³-hybridized carbons (Fsp3) is 0.167. The summed E-state index contributed by atoms with van der Waals surface area (Å²) in [4.78, 5) is 0.0451. The van der Waals surface area contributed by atoms with Crippen molar-refractivity contribution in [1.29, 1.82) is 5.26 Å². The van der Waals surface area contributed by atoms with Crippen LogP contribution >= 0.6 is 0 Å². The largest absolute Gasteiger partial charge is 0.281 e. The molecule has 98 valence electrons. The van der Waals surface area contributed by atoms with Gasteiger partial charge >= 0.3 is 0 Å². The minimum atomic E-state index is -3.77. The van der Waals surface area contributed by atoms with Crippen LogP contribution in [0, 0.1) is 18.3 Å². The quantitative estimate of drug-likeness (QED) is 0.878. The number of benzene rings is 1. The summed E-state index contributed by atoms with van der Waals surface area (Å²) in [6.45, 7) is 1.60. The number of aryl methyl sites for hydroxylation is 1. The van der Waals surface area contributed by atoms with E-state index in [0.29, 0.717) is 11.3 Å². The van der Waals surface area contributed by atoms with Gasteiger partial charge in [0.1, 0.15) is 10.9 Å². The Morgan fingerprint density at radius 2 is 2.05 bits per heavy atom. The molecule has 7 heteroatoms. The molecule has 0 radical (unpaired) electrons. The van der Waals surface area contributed by atoms with Gasteiger partial charge in [-0.1, -0.05) is 30.3 Å². The molecule has 19 heavy (non-hydrogen) atoms. The van der Waals surface area contributed by atoms with Gasteiger partial charge in [0.05, 0.1) is 18.0 Å². The van der Waals surface area contributed by atoms with Gasteiger partial charge in [-0.15, -0.1) is 0 Å². The molecule has 2 aromatic rings. The van der Waals surface area contributed by atoms with Gasteiger partial charge in [-0.2, -0.15) is 15.1 Å². The molecule has 0 fully saturated rings. The number of aromatic amines is 1. The van der Waals surface area contributed by atoms with Gasteiger partial charge in [0, 0.05) is 0 Å². The van der Waals surface area contributed by atoms with Gasteiger partial charge in [0.25, 0.3) is 0 Å². The summed E-state index contributed by atoms with van der Waals surface area (Å²) in [6.07, 6.45) is 1.22. The predicted molar refractivity (Wildman–Crippen MR) is 68.4 cm³/mol. The topological polar surface area (TPSA) is 98.6 Å². The van der Waals surface area contributed by atoms with E-state index < -0.39 is 16.1 Å². The lowest BCUT2D eigenvalue weighted by Gasteiger charge is -2.11. The maximum atomic E-state index is 12.1. The van der Waals surface area contributed by atoms with Crippen molar-refractivity contribution in [2.24, 2.45) is 0 Å². The number of sulfonamides is 1. The Kier molecular flexibility index (Phi) is 3.64. The smallest absolute Gasteiger partial charge is 0.245 e. The van der Waals surface area contributed by atoms with Crippen LogP contribution in [-0.4, -0.2) is 18.6 Å². The molecule has 0 aliphatic heterocycles. The summed E-state index contributed by atoms with van der Waals surface area (Å²) >= 11 is 0. The predicted octanol–water partition coefficient (Wildman–Crippen LogP) is 1.26. The van der Waals surface area contributed by atoms with E-state index in [1.54, 1.807) is 37.3 Å². The number of nitrogens with zero attached hydrogens (tertiary/aromatic N) is 2. The molecular weight excluding hydrogens is 264 g/mol. The van der Waals surface area contributed by atoms with Crippen molar-refractivity contribution in [3.8, 4) is 6.07 Å². The molecule has 0 bridgehead atoms. The second-order valence-corrected chi connectivity index (χ2v) is 5.64. The zero-order chi connectivity index (χ0) is 13.9. The average molecular weight is 276 g/mol. The van der Waals surface area contributed by atoms with Crippen LogP contribution in [0.4, 0.5) is 0 Å². The molecule has 0 saturated heterocycles. The first-order valence-corrected chi connectivity index (χ1v) is 7.00. The third-order valence-electron chi connectivity index (χ3n) is 2.61. The Morgan fingerprint density at radius 1 is 1.37 bits per heavy atom. The monoisotopic (exact) mass is 276 g/mol. The Morgan fingerprint density at radius 3 is 2.58 bits per heavy atom.